The number of hydrogen-bond donors (Lipinski definition) is 4. The molecule has 4 N–H and O–H groups in total. The Kier molecular flexibility index (Phi) is 8.89. The van der Waals surface area contributed by atoms with E-state index in [1.54, 1.807) is 6.07 Å². The molecule has 0 bridgehead atoms. The fourth-order valence-electron chi connectivity index (χ4n) is 2.81. The number of amides is 2. The smallest absolute Gasteiger partial charge is 0.243 e. The highest BCUT2D eigenvalue weighted by molar-refractivity contribution is 5.80. The SMILES string of the molecule is CCCCC[C@H](CN(O)C=O)C(=O)NNc1cc(C2CNCCO2)ncn1. The first-order valence-electron chi connectivity index (χ1n) is 9.25. The first-order valence-corrected chi connectivity index (χ1v) is 9.25. The zero-order chi connectivity index (χ0) is 19.5. The first-order chi connectivity index (χ1) is 13.1. The van der Waals surface area contributed by atoms with Crippen molar-refractivity contribution < 1.29 is 19.5 Å². The van der Waals surface area contributed by atoms with E-state index in [1.165, 1.54) is 6.33 Å². The molecule has 1 aliphatic rings. The molecule has 10 heteroatoms. The second-order valence-corrected chi connectivity index (χ2v) is 6.43. The number of ether oxygens (including phenoxy) is 1. The van der Waals surface area contributed by atoms with Gasteiger partial charge in [0.1, 0.15) is 18.2 Å². The number of morpholine rings is 1. The molecule has 2 amide bonds. The van der Waals surface area contributed by atoms with E-state index in [1.807, 2.05) is 0 Å². The molecule has 1 aromatic rings. The number of rotatable bonds is 11. The van der Waals surface area contributed by atoms with Crippen LogP contribution < -0.4 is 16.2 Å². The van der Waals surface area contributed by atoms with Crippen LogP contribution in [0.1, 0.15) is 44.4 Å². The van der Waals surface area contributed by atoms with Crippen LogP contribution in [0.2, 0.25) is 0 Å². The summed E-state index contributed by atoms with van der Waals surface area (Å²) in [5.41, 5.74) is 6.09. The van der Waals surface area contributed by atoms with E-state index in [0.717, 1.165) is 31.5 Å². The van der Waals surface area contributed by atoms with E-state index >= 15 is 0 Å². The highest BCUT2D eigenvalue weighted by Crippen LogP contribution is 2.18. The van der Waals surface area contributed by atoms with Crippen LogP contribution in [0.4, 0.5) is 5.82 Å². The molecular formula is C17H28N6O4. The van der Waals surface area contributed by atoms with Crippen molar-refractivity contribution in [2.24, 2.45) is 5.92 Å². The topological polar surface area (TPSA) is 129 Å². The van der Waals surface area contributed by atoms with Gasteiger partial charge in [0.15, 0.2) is 0 Å². The van der Waals surface area contributed by atoms with Crippen molar-refractivity contribution in [3.8, 4) is 0 Å². The number of anilines is 1. The zero-order valence-corrected chi connectivity index (χ0v) is 15.6. The van der Waals surface area contributed by atoms with Crippen LogP contribution in [0.5, 0.6) is 0 Å². The third-order valence-corrected chi connectivity index (χ3v) is 4.32. The summed E-state index contributed by atoms with van der Waals surface area (Å²) in [5, 5.41) is 13.2. The van der Waals surface area contributed by atoms with E-state index in [-0.39, 0.29) is 18.6 Å². The lowest BCUT2D eigenvalue weighted by Gasteiger charge is -2.23. The molecule has 1 aliphatic heterocycles. The molecule has 0 radical (unpaired) electrons. The largest absolute Gasteiger partial charge is 0.369 e. The number of nitrogens with zero attached hydrogens (tertiary/aromatic N) is 3. The fourth-order valence-corrected chi connectivity index (χ4v) is 2.81. The lowest BCUT2D eigenvalue weighted by atomic mass is 10.0. The van der Waals surface area contributed by atoms with Crippen LogP contribution in [0.25, 0.3) is 0 Å². The molecule has 0 aliphatic carbocycles. The molecule has 2 atom stereocenters. The third-order valence-electron chi connectivity index (χ3n) is 4.32. The molecule has 1 unspecified atom stereocenters. The van der Waals surface area contributed by atoms with Crippen molar-refractivity contribution in [3.05, 3.63) is 18.1 Å². The standard InChI is InChI=1S/C17H28N6O4/c1-2-3-4-5-13(10-23(26)12-24)17(25)22-21-16-8-14(19-11-20-16)15-9-18-6-7-27-15/h8,11-13,15,18,26H,2-7,9-10H2,1H3,(H,22,25)(H,19,20,21)/t13-,15?/m1/s1. The van der Waals surface area contributed by atoms with Crippen LogP contribution in [-0.2, 0) is 14.3 Å². The minimum Gasteiger partial charge on any atom is -0.369 e. The van der Waals surface area contributed by atoms with Gasteiger partial charge in [-0.1, -0.05) is 26.2 Å². The van der Waals surface area contributed by atoms with Gasteiger partial charge in [-0.3, -0.25) is 25.6 Å². The van der Waals surface area contributed by atoms with Gasteiger partial charge in [0.2, 0.25) is 12.3 Å². The van der Waals surface area contributed by atoms with E-state index in [2.05, 4.69) is 33.1 Å². The molecule has 2 heterocycles. The number of nitrogens with one attached hydrogen (secondary N) is 3. The summed E-state index contributed by atoms with van der Waals surface area (Å²) in [5.74, 6) is -0.403. The maximum Gasteiger partial charge on any atom is 0.243 e. The number of hydroxylamine groups is 2. The Balaban J connectivity index is 1.91. The van der Waals surface area contributed by atoms with Gasteiger partial charge in [-0.15, -0.1) is 0 Å². The van der Waals surface area contributed by atoms with Crippen LogP contribution in [0.15, 0.2) is 12.4 Å². The molecule has 2 rings (SSSR count). The maximum atomic E-state index is 12.4. The number of carbonyl (C=O) groups is 2. The molecule has 0 spiro atoms. The predicted molar refractivity (Wildman–Crippen MR) is 97.5 cm³/mol. The summed E-state index contributed by atoms with van der Waals surface area (Å²) in [6.45, 7) is 4.10. The predicted octanol–water partition coefficient (Wildman–Crippen LogP) is 0.625. The summed E-state index contributed by atoms with van der Waals surface area (Å²) in [6.07, 6.45) is 4.95. The molecule has 10 nitrogen and oxygen atoms in total. The second kappa shape index (κ2) is 11.4. The Hall–Kier alpha value is -2.30. The molecule has 0 aromatic carbocycles. The average molecular weight is 380 g/mol. The summed E-state index contributed by atoms with van der Waals surface area (Å²) in [6, 6.07) is 1.72. The van der Waals surface area contributed by atoms with Gasteiger partial charge < -0.3 is 10.1 Å². The Morgan fingerprint density at radius 3 is 3.07 bits per heavy atom. The Bertz CT molecular complexity index is 597. The van der Waals surface area contributed by atoms with Gasteiger partial charge in [0.05, 0.1) is 24.8 Å². The summed E-state index contributed by atoms with van der Waals surface area (Å²) in [7, 11) is 0. The van der Waals surface area contributed by atoms with Crippen molar-refractivity contribution in [2.75, 3.05) is 31.7 Å². The monoisotopic (exact) mass is 380 g/mol. The van der Waals surface area contributed by atoms with Crippen molar-refractivity contribution >= 4 is 18.1 Å². The number of carbonyl (C=O) groups excluding carboxylic acids is 2. The minimum absolute atomic E-state index is 0.0582. The lowest BCUT2D eigenvalue weighted by molar-refractivity contribution is -0.154. The highest BCUT2D eigenvalue weighted by Gasteiger charge is 2.21. The minimum atomic E-state index is -0.522. The summed E-state index contributed by atoms with van der Waals surface area (Å²) >= 11 is 0. The number of hydrogen-bond acceptors (Lipinski definition) is 8. The quantitative estimate of drug-likeness (QED) is 0.190. The highest BCUT2D eigenvalue weighted by atomic mass is 16.5. The van der Waals surface area contributed by atoms with Gasteiger partial charge in [-0.25, -0.2) is 15.0 Å². The average Bonchev–Trinajstić information content (AvgIpc) is 2.72. The van der Waals surface area contributed by atoms with Gasteiger partial charge in [-0.05, 0) is 6.42 Å². The van der Waals surface area contributed by atoms with Crippen molar-refractivity contribution in [1.82, 2.24) is 25.8 Å². The van der Waals surface area contributed by atoms with Crippen molar-refractivity contribution in [2.45, 2.75) is 38.7 Å². The maximum absolute atomic E-state index is 12.4. The van der Waals surface area contributed by atoms with Crippen LogP contribution in [-0.4, -0.2) is 58.8 Å². The van der Waals surface area contributed by atoms with Crippen LogP contribution in [0, 0.1) is 5.92 Å². The van der Waals surface area contributed by atoms with Gasteiger partial charge in [-0.2, -0.15) is 0 Å². The second-order valence-electron chi connectivity index (χ2n) is 6.43. The Morgan fingerprint density at radius 1 is 1.52 bits per heavy atom. The Labute approximate surface area is 158 Å². The lowest BCUT2D eigenvalue weighted by Crippen LogP contribution is -2.40. The molecule has 27 heavy (non-hydrogen) atoms. The Morgan fingerprint density at radius 2 is 2.37 bits per heavy atom. The summed E-state index contributed by atoms with van der Waals surface area (Å²) in [4.78, 5) is 31.4. The fraction of sp³-hybridized carbons (Fsp3) is 0.647. The van der Waals surface area contributed by atoms with Gasteiger partial charge in [0.25, 0.3) is 0 Å². The zero-order valence-electron chi connectivity index (χ0n) is 15.6. The van der Waals surface area contributed by atoms with Crippen molar-refractivity contribution in [1.29, 1.82) is 0 Å². The number of aromatic nitrogens is 2. The van der Waals surface area contributed by atoms with E-state index in [0.29, 0.717) is 36.9 Å². The number of hydrazine groups is 1. The van der Waals surface area contributed by atoms with Crippen LogP contribution >= 0.6 is 0 Å². The van der Waals surface area contributed by atoms with Crippen molar-refractivity contribution in [3.63, 3.8) is 0 Å². The normalized spacial score (nSPS) is 17.8. The number of unbranched alkanes of at least 4 members (excludes halogenated alkanes) is 2. The molecule has 1 fully saturated rings. The van der Waals surface area contributed by atoms with E-state index < -0.39 is 5.92 Å². The first kappa shape index (κ1) is 21.0. The molecule has 1 aromatic heterocycles. The van der Waals surface area contributed by atoms with E-state index in [9.17, 15) is 14.8 Å². The molecular weight excluding hydrogens is 352 g/mol. The van der Waals surface area contributed by atoms with Gasteiger partial charge in [0, 0.05) is 19.2 Å². The van der Waals surface area contributed by atoms with Crippen LogP contribution in [0.3, 0.4) is 0 Å². The molecule has 150 valence electrons. The molecule has 1 saturated heterocycles. The van der Waals surface area contributed by atoms with E-state index in [4.69, 9.17) is 4.74 Å². The molecule has 0 saturated carbocycles. The third kappa shape index (κ3) is 7.08. The van der Waals surface area contributed by atoms with Gasteiger partial charge >= 0.3 is 0 Å². The summed E-state index contributed by atoms with van der Waals surface area (Å²) < 4.78 is 5.66.